The van der Waals surface area contributed by atoms with Crippen molar-refractivity contribution in [3.8, 4) is 11.5 Å². The maximum Gasteiger partial charge on any atom is 0.417 e. The summed E-state index contributed by atoms with van der Waals surface area (Å²) in [5.74, 6) is 0.632. The van der Waals surface area contributed by atoms with Gasteiger partial charge in [-0.1, -0.05) is 23.2 Å². The molecule has 2 rings (SSSR count). The molecule has 0 aliphatic rings. The van der Waals surface area contributed by atoms with Gasteiger partial charge in [-0.05, 0) is 25.0 Å². The van der Waals surface area contributed by atoms with Gasteiger partial charge in [0.15, 0.2) is 5.75 Å². The molecule has 0 unspecified atom stereocenters. The van der Waals surface area contributed by atoms with Crippen molar-refractivity contribution in [3.63, 3.8) is 0 Å². The smallest absolute Gasteiger partial charge is 0.417 e. The quantitative estimate of drug-likeness (QED) is 0.618. The second-order valence-electron chi connectivity index (χ2n) is 5.15. The number of phenols is 1. The molecule has 25 heavy (non-hydrogen) atoms. The fraction of sp³-hybridized carbons (Fsp3) is 0.312. The largest absolute Gasteiger partial charge is 0.508 e. The maximum absolute atomic E-state index is 12.4. The lowest BCUT2D eigenvalue weighted by atomic mass is 10.2. The zero-order valence-corrected chi connectivity index (χ0v) is 14.4. The number of unbranched alkanes of at least 4 members (excludes halogenated alkanes) is 1. The van der Waals surface area contributed by atoms with Gasteiger partial charge in [0.05, 0.1) is 22.2 Å². The Morgan fingerprint density at radius 3 is 2.36 bits per heavy atom. The molecule has 0 fully saturated rings. The maximum atomic E-state index is 12.4. The highest BCUT2D eigenvalue weighted by molar-refractivity contribution is 6.37. The van der Waals surface area contributed by atoms with Gasteiger partial charge in [-0.3, -0.25) is 0 Å². The molecule has 0 amide bonds. The fourth-order valence-electron chi connectivity index (χ4n) is 1.97. The highest BCUT2D eigenvalue weighted by Gasteiger charge is 2.30. The van der Waals surface area contributed by atoms with Gasteiger partial charge in [-0.2, -0.15) is 13.2 Å². The lowest BCUT2D eigenvalue weighted by Crippen LogP contribution is -2.08. The Kier molecular flexibility index (Phi) is 6.61. The molecule has 1 aromatic heterocycles. The number of phenolic OH excluding ortho intramolecular Hbond substituents is 1. The lowest BCUT2D eigenvalue weighted by molar-refractivity contribution is -0.137. The molecule has 0 saturated heterocycles. The van der Waals surface area contributed by atoms with E-state index in [0.717, 1.165) is 12.3 Å². The highest BCUT2D eigenvalue weighted by atomic mass is 35.5. The standard InChI is InChI=1S/C16H15Cl2F3N2O2/c17-12-7-11(24)8-13(18)15(12)25-6-2-1-5-22-14-4-3-10(9-23-14)16(19,20)21/h3-4,7-9,24H,1-2,5-6H2,(H,22,23). The summed E-state index contributed by atoms with van der Waals surface area (Å²) in [6, 6.07) is 4.93. The molecule has 0 saturated carbocycles. The molecular formula is C16H15Cl2F3N2O2. The molecule has 2 aromatic rings. The summed E-state index contributed by atoms with van der Waals surface area (Å²) in [4.78, 5) is 3.72. The molecule has 0 aliphatic carbocycles. The van der Waals surface area contributed by atoms with Gasteiger partial charge in [0.25, 0.3) is 0 Å². The normalized spacial score (nSPS) is 11.4. The molecule has 1 aromatic carbocycles. The molecule has 2 N–H and O–H groups in total. The second kappa shape index (κ2) is 8.49. The Bertz CT molecular complexity index is 687. The average Bonchev–Trinajstić information content (AvgIpc) is 2.52. The van der Waals surface area contributed by atoms with Crippen LogP contribution in [0.2, 0.25) is 10.0 Å². The van der Waals surface area contributed by atoms with Crippen LogP contribution in [0.5, 0.6) is 11.5 Å². The highest BCUT2D eigenvalue weighted by Crippen LogP contribution is 2.36. The minimum absolute atomic E-state index is 0.0457. The van der Waals surface area contributed by atoms with Crippen LogP contribution in [0.4, 0.5) is 19.0 Å². The van der Waals surface area contributed by atoms with Crippen LogP contribution >= 0.6 is 23.2 Å². The summed E-state index contributed by atoms with van der Waals surface area (Å²) in [5, 5.41) is 12.7. The predicted octanol–water partition coefficient (Wildman–Crippen LogP) is 5.38. The van der Waals surface area contributed by atoms with Gasteiger partial charge in [0.1, 0.15) is 11.6 Å². The molecule has 9 heteroatoms. The number of anilines is 1. The first kappa shape index (κ1) is 19.5. The van der Waals surface area contributed by atoms with E-state index in [2.05, 4.69) is 10.3 Å². The Balaban J connectivity index is 1.70. The van der Waals surface area contributed by atoms with Crippen molar-refractivity contribution in [2.45, 2.75) is 19.0 Å². The molecule has 0 aliphatic heterocycles. The molecule has 4 nitrogen and oxygen atoms in total. The Morgan fingerprint density at radius 2 is 1.80 bits per heavy atom. The van der Waals surface area contributed by atoms with E-state index in [9.17, 15) is 18.3 Å². The van der Waals surface area contributed by atoms with E-state index in [1.165, 1.54) is 18.2 Å². The van der Waals surface area contributed by atoms with Gasteiger partial charge < -0.3 is 15.2 Å². The molecule has 0 bridgehead atoms. The molecule has 1 heterocycles. The second-order valence-corrected chi connectivity index (χ2v) is 5.97. The zero-order valence-electron chi connectivity index (χ0n) is 12.9. The van der Waals surface area contributed by atoms with Crippen molar-refractivity contribution < 1.29 is 23.0 Å². The third-order valence-corrected chi connectivity index (χ3v) is 3.76. The van der Waals surface area contributed by atoms with E-state index in [4.69, 9.17) is 27.9 Å². The molecule has 0 atom stereocenters. The number of hydrogen-bond acceptors (Lipinski definition) is 4. The fourth-order valence-corrected chi connectivity index (χ4v) is 2.55. The van der Waals surface area contributed by atoms with Crippen LogP contribution in [0.1, 0.15) is 18.4 Å². The number of rotatable bonds is 7. The van der Waals surface area contributed by atoms with Crippen molar-refractivity contribution in [1.82, 2.24) is 4.98 Å². The Hall–Kier alpha value is -1.86. The third kappa shape index (κ3) is 5.86. The van der Waals surface area contributed by atoms with Crippen molar-refractivity contribution >= 4 is 29.0 Å². The topological polar surface area (TPSA) is 54.4 Å². The number of aromatic nitrogens is 1. The number of aromatic hydroxyl groups is 1. The van der Waals surface area contributed by atoms with Gasteiger partial charge in [-0.25, -0.2) is 4.98 Å². The number of halogens is 5. The number of alkyl halides is 3. The van der Waals surface area contributed by atoms with Crippen LogP contribution < -0.4 is 10.1 Å². The predicted molar refractivity (Wildman–Crippen MR) is 90.6 cm³/mol. The van der Waals surface area contributed by atoms with E-state index in [-0.39, 0.29) is 15.8 Å². The van der Waals surface area contributed by atoms with Crippen molar-refractivity contribution in [2.24, 2.45) is 0 Å². The first-order valence-electron chi connectivity index (χ1n) is 7.35. The number of ether oxygens (including phenoxy) is 1. The summed E-state index contributed by atoms with van der Waals surface area (Å²) >= 11 is 11.9. The molecule has 0 radical (unpaired) electrons. The minimum atomic E-state index is -4.39. The van der Waals surface area contributed by atoms with Crippen LogP contribution in [-0.2, 0) is 6.18 Å². The number of hydrogen-bond donors (Lipinski definition) is 2. The Morgan fingerprint density at radius 1 is 1.12 bits per heavy atom. The summed E-state index contributed by atoms with van der Waals surface area (Å²) in [7, 11) is 0. The SMILES string of the molecule is Oc1cc(Cl)c(OCCCCNc2ccc(C(F)(F)F)cn2)c(Cl)c1. The summed E-state index contributed by atoms with van der Waals surface area (Å²) in [6.07, 6.45) is -2.23. The lowest BCUT2D eigenvalue weighted by Gasteiger charge is -2.11. The first-order valence-corrected chi connectivity index (χ1v) is 8.11. The van der Waals surface area contributed by atoms with Crippen molar-refractivity contribution in [3.05, 3.63) is 46.1 Å². The van der Waals surface area contributed by atoms with Crippen molar-refractivity contribution in [2.75, 3.05) is 18.5 Å². The molecular weight excluding hydrogens is 380 g/mol. The average molecular weight is 395 g/mol. The van der Waals surface area contributed by atoms with E-state index >= 15 is 0 Å². The number of benzene rings is 1. The van der Waals surface area contributed by atoms with Crippen LogP contribution in [0.3, 0.4) is 0 Å². The van der Waals surface area contributed by atoms with Gasteiger partial charge in [-0.15, -0.1) is 0 Å². The summed E-state index contributed by atoms with van der Waals surface area (Å²) in [5.41, 5.74) is -0.783. The van der Waals surface area contributed by atoms with Crippen LogP contribution in [0, 0.1) is 0 Å². The third-order valence-electron chi connectivity index (χ3n) is 3.20. The number of pyridine rings is 1. The summed E-state index contributed by atoms with van der Waals surface area (Å²) in [6.45, 7) is 0.880. The summed E-state index contributed by atoms with van der Waals surface area (Å²) < 4.78 is 42.8. The van der Waals surface area contributed by atoms with Crippen LogP contribution in [-0.4, -0.2) is 23.2 Å². The first-order chi connectivity index (χ1) is 11.8. The minimum Gasteiger partial charge on any atom is -0.508 e. The van der Waals surface area contributed by atoms with E-state index in [1.807, 2.05) is 0 Å². The van der Waals surface area contributed by atoms with Crippen LogP contribution in [0.15, 0.2) is 30.5 Å². The van der Waals surface area contributed by atoms with Gasteiger partial charge in [0, 0.05) is 24.9 Å². The van der Waals surface area contributed by atoms with E-state index < -0.39 is 11.7 Å². The van der Waals surface area contributed by atoms with Crippen molar-refractivity contribution in [1.29, 1.82) is 0 Å². The van der Waals surface area contributed by atoms with Crippen LogP contribution in [0.25, 0.3) is 0 Å². The number of nitrogens with one attached hydrogen (secondary N) is 1. The van der Waals surface area contributed by atoms with Gasteiger partial charge in [0.2, 0.25) is 0 Å². The zero-order chi connectivity index (χ0) is 18.4. The number of nitrogens with zero attached hydrogens (tertiary/aromatic N) is 1. The monoisotopic (exact) mass is 394 g/mol. The Labute approximate surface area is 152 Å². The van der Waals surface area contributed by atoms with E-state index in [0.29, 0.717) is 37.6 Å². The molecule has 136 valence electrons. The molecule has 0 spiro atoms. The van der Waals surface area contributed by atoms with Gasteiger partial charge >= 0.3 is 6.18 Å². The van der Waals surface area contributed by atoms with E-state index in [1.54, 1.807) is 0 Å².